The van der Waals surface area contributed by atoms with Crippen molar-refractivity contribution in [2.24, 2.45) is 0 Å². The van der Waals surface area contributed by atoms with Gasteiger partial charge in [0.15, 0.2) is 11.5 Å². The van der Waals surface area contributed by atoms with Gasteiger partial charge in [-0.05, 0) is 31.4 Å². The molecule has 0 saturated heterocycles. The maximum absolute atomic E-state index is 12.2. The molecule has 0 spiro atoms. The number of carbonyl (C=O) groups excluding carboxylic acids is 2. The van der Waals surface area contributed by atoms with Crippen LogP contribution in [0, 0.1) is 0 Å². The molecule has 0 bridgehead atoms. The van der Waals surface area contributed by atoms with Crippen molar-refractivity contribution in [2.45, 2.75) is 103 Å². The van der Waals surface area contributed by atoms with E-state index in [1.165, 1.54) is 46.3 Å². The summed E-state index contributed by atoms with van der Waals surface area (Å²) in [5.74, 6) is 0.913. The van der Waals surface area contributed by atoms with Crippen LogP contribution < -0.4 is 14.2 Å². The number of carbonyl (C=O) groups is 2. The zero-order valence-corrected chi connectivity index (χ0v) is 21.0. The largest absolute Gasteiger partial charge is 0.493 e. The lowest BCUT2D eigenvalue weighted by atomic mass is 10.1. The molecule has 0 heterocycles. The molecule has 0 fully saturated rings. The number of unbranched alkanes of at least 4 members (excludes halogenated alkanes) is 11. The van der Waals surface area contributed by atoms with E-state index in [9.17, 15) is 9.59 Å². The van der Waals surface area contributed by atoms with Gasteiger partial charge in [0.05, 0.1) is 20.8 Å². The van der Waals surface area contributed by atoms with Crippen LogP contribution in [0.5, 0.6) is 17.2 Å². The van der Waals surface area contributed by atoms with E-state index in [1.807, 2.05) is 0 Å². The molecule has 0 N–H and O–H groups in total. The fourth-order valence-corrected chi connectivity index (χ4v) is 3.65. The molecule has 0 aliphatic heterocycles. The van der Waals surface area contributed by atoms with Crippen molar-refractivity contribution < 1.29 is 28.5 Å². The van der Waals surface area contributed by atoms with Gasteiger partial charge in [0.25, 0.3) is 0 Å². The van der Waals surface area contributed by atoms with E-state index in [4.69, 9.17) is 18.9 Å². The number of hydrogen-bond donors (Lipinski definition) is 0. The topological polar surface area (TPSA) is 71.1 Å². The van der Waals surface area contributed by atoms with Crippen molar-refractivity contribution >= 4 is 11.9 Å². The highest BCUT2D eigenvalue weighted by Gasteiger charge is 2.15. The van der Waals surface area contributed by atoms with Gasteiger partial charge in [-0.1, -0.05) is 77.2 Å². The molecule has 188 valence electrons. The standard InChI is InChI=1S/C27H44O6/c1-4-5-6-7-10-13-16-22-32-25(28)20-14-11-8-9-12-15-21-26(29)33-27-23(30-2)18-17-19-24(27)31-3/h17-19H,4-16,20-22H2,1-3H3. The van der Waals surface area contributed by atoms with E-state index in [0.717, 1.165) is 51.4 Å². The molecule has 33 heavy (non-hydrogen) atoms. The zero-order valence-electron chi connectivity index (χ0n) is 21.0. The summed E-state index contributed by atoms with van der Waals surface area (Å²) in [6, 6.07) is 5.25. The molecule has 0 amide bonds. The Bertz CT molecular complexity index is 636. The van der Waals surface area contributed by atoms with E-state index in [-0.39, 0.29) is 11.9 Å². The lowest BCUT2D eigenvalue weighted by Crippen LogP contribution is -2.09. The predicted molar refractivity (Wildman–Crippen MR) is 131 cm³/mol. The van der Waals surface area contributed by atoms with Crippen LogP contribution in [0.2, 0.25) is 0 Å². The molecule has 6 heteroatoms. The maximum atomic E-state index is 12.2. The van der Waals surface area contributed by atoms with Crippen LogP contribution in [0.15, 0.2) is 18.2 Å². The van der Waals surface area contributed by atoms with Crippen molar-refractivity contribution in [3.8, 4) is 17.2 Å². The van der Waals surface area contributed by atoms with Crippen LogP contribution in [-0.2, 0) is 14.3 Å². The molecule has 0 radical (unpaired) electrons. The Labute approximate surface area is 200 Å². The summed E-state index contributed by atoms with van der Waals surface area (Å²) < 4.78 is 21.3. The summed E-state index contributed by atoms with van der Waals surface area (Å²) in [7, 11) is 3.06. The number of para-hydroxylation sites is 1. The number of hydrogen-bond acceptors (Lipinski definition) is 6. The molecular formula is C27H44O6. The molecule has 1 rings (SSSR count). The molecule has 1 aromatic rings. The minimum atomic E-state index is -0.290. The molecule has 0 aliphatic rings. The first kappa shape index (κ1) is 28.8. The highest BCUT2D eigenvalue weighted by molar-refractivity contribution is 5.74. The van der Waals surface area contributed by atoms with Crippen LogP contribution >= 0.6 is 0 Å². The van der Waals surface area contributed by atoms with Crippen LogP contribution in [0.3, 0.4) is 0 Å². The van der Waals surface area contributed by atoms with Gasteiger partial charge >= 0.3 is 11.9 Å². The van der Waals surface area contributed by atoms with Crippen LogP contribution in [0.4, 0.5) is 0 Å². The van der Waals surface area contributed by atoms with E-state index in [0.29, 0.717) is 36.7 Å². The molecule has 1 aromatic carbocycles. The molecule has 0 saturated carbocycles. The number of rotatable bonds is 20. The van der Waals surface area contributed by atoms with E-state index < -0.39 is 0 Å². The van der Waals surface area contributed by atoms with Crippen LogP contribution in [0.1, 0.15) is 103 Å². The third-order valence-electron chi connectivity index (χ3n) is 5.62. The zero-order chi connectivity index (χ0) is 24.2. The number of ether oxygens (including phenoxy) is 4. The van der Waals surface area contributed by atoms with Crippen LogP contribution in [-0.4, -0.2) is 32.8 Å². The van der Waals surface area contributed by atoms with Gasteiger partial charge in [-0.25, -0.2) is 0 Å². The Kier molecular flexibility index (Phi) is 16.8. The second-order valence-corrected chi connectivity index (χ2v) is 8.43. The highest BCUT2D eigenvalue weighted by atomic mass is 16.6. The van der Waals surface area contributed by atoms with Gasteiger partial charge in [-0.15, -0.1) is 0 Å². The Morgan fingerprint density at radius 1 is 0.667 bits per heavy atom. The Morgan fingerprint density at radius 2 is 1.15 bits per heavy atom. The normalized spacial score (nSPS) is 10.6. The van der Waals surface area contributed by atoms with E-state index in [1.54, 1.807) is 18.2 Å². The maximum Gasteiger partial charge on any atom is 0.311 e. The van der Waals surface area contributed by atoms with Crippen molar-refractivity contribution in [1.82, 2.24) is 0 Å². The third-order valence-corrected chi connectivity index (χ3v) is 5.62. The minimum absolute atomic E-state index is 0.0736. The number of benzene rings is 1. The first-order chi connectivity index (χ1) is 16.1. The van der Waals surface area contributed by atoms with E-state index >= 15 is 0 Å². The van der Waals surface area contributed by atoms with Crippen molar-refractivity contribution in [1.29, 1.82) is 0 Å². The average molecular weight is 465 g/mol. The van der Waals surface area contributed by atoms with Crippen LogP contribution in [0.25, 0.3) is 0 Å². The van der Waals surface area contributed by atoms with Gasteiger partial charge in [-0.3, -0.25) is 9.59 Å². The molecule has 0 atom stereocenters. The molecule has 0 aliphatic carbocycles. The fraction of sp³-hybridized carbons (Fsp3) is 0.704. The summed E-state index contributed by atoms with van der Waals surface area (Å²) in [6.07, 6.45) is 15.1. The summed E-state index contributed by atoms with van der Waals surface area (Å²) in [5.41, 5.74) is 0. The molecule has 6 nitrogen and oxygen atoms in total. The predicted octanol–water partition coefficient (Wildman–Crippen LogP) is 7.02. The van der Waals surface area contributed by atoms with Gasteiger partial charge in [0.2, 0.25) is 5.75 Å². The number of methoxy groups -OCH3 is 2. The Hall–Kier alpha value is -2.24. The Morgan fingerprint density at radius 3 is 1.70 bits per heavy atom. The van der Waals surface area contributed by atoms with Gasteiger partial charge in [-0.2, -0.15) is 0 Å². The SMILES string of the molecule is CCCCCCCCCOC(=O)CCCCCCCCC(=O)Oc1c(OC)cccc1OC. The molecule has 0 aromatic heterocycles. The van der Waals surface area contributed by atoms with Gasteiger partial charge in [0, 0.05) is 12.8 Å². The molecule has 0 unspecified atom stereocenters. The van der Waals surface area contributed by atoms with Gasteiger partial charge in [0.1, 0.15) is 0 Å². The van der Waals surface area contributed by atoms with E-state index in [2.05, 4.69) is 6.92 Å². The number of esters is 2. The first-order valence-electron chi connectivity index (χ1n) is 12.7. The molecular weight excluding hydrogens is 420 g/mol. The highest BCUT2D eigenvalue weighted by Crippen LogP contribution is 2.37. The average Bonchev–Trinajstić information content (AvgIpc) is 2.82. The lowest BCUT2D eigenvalue weighted by molar-refractivity contribution is -0.144. The second kappa shape index (κ2) is 19.2. The summed E-state index contributed by atoms with van der Waals surface area (Å²) in [4.78, 5) is 23.9. The second-order valence-electron chi connectivity index (χ2n) is 8.43. The minimum Gasteiger partial charge on any atom is -0.493 e. The smallest absolute Gasteiger partial charge is 0.311 e. The summed E-state index contributed by atoms with van der Waals surface area (Å²) in [6.45, 7) is 2.78. The van der Waals surface area contributed by atoms with Crippen molar-refractivity contribution in [3.63, 3.8) is 0 Å². The Balaban J connectivity index is 1.99. The fourth-order valence-electron chi connectivity index (χ4n) is 3.65. The van der Waals surface area contributed by atoms with Crippen molar-refractivity contribution in [3.05, 3.63) is 18.2 Å². The third kappa shape index (κ3) is 13.8. The quantitative estimate of drug-likeness (QED) is 0.117. The summed E-state index contributed by atoms with van der Waals surface area (Å²) >= 11 is 0. The van der Waals surface area contributed by atoms with Gasteiger partial charge < -0.3 is 18.9 Å². The lowest BCUT2D eigenvalue weighted by Gasteiger charge is -2.12. The summed E-state index contributed by atoms with van der Waals surface area (Å²) in [5, 5.41) is 0. The first-order valence-corrected chi connectivity index (χ1v) is 12.7. The van der Waals surface area contributed by atoms with Crippen molar-refractivity contribution in [2.75, 3.05) is 20.8 Å². The monoisotopic (exact) mass is 464 g/mol.